The molecule has 0 aliphatic rings. The van der Waals surface area contributed by atoms with E-state index in [1.807, 2.05) is 13.8 Å². The van der Waals surface area contributed by atoms with Gasteiger partial charge in [-0.2, -0.15) is 0 Å². The lowest BCUT2D eigenvalue weighted by atomic mass is 10.1. The van der Waals surface area contributed by atoms with Crippen LogP contribution < -0.4 is 11.1 Å². The van der Waals surface area contributed by atoms with Gasteiger partial charge in [-0.3, -0.25) is 5.32 Å². The third kappa shape index (κ3) is 15.9. The number of hydrogen-bond donors (Lipinski definition) is 2. The molecule has 3 N–H and O–H groups in total. The first-order valence-corrected chi connectivity index (χ1v) is 8.80. The molecule has 0 aromatic heterocycles. The molecule has 0 aliphatic heterocycles. The van der Waals surface area contributed by atoms with Crippen LogP contribution in [0.25, 0.3) is 0 Å². The molecule has 122 valence electrons. The first kappa shape index (κ1) is 19.9. The van der Waals surface area contributed by atoms with Crippen molar-refractivity contribution in [3.05, 3.63) is 0 Å². The Hall–Kier alpha value is -0.120. The molecule has 2 atom stereocenters. The lowest BCUT2D eigenvalue weighted by molar-refractivity contribution is 0.0339. The van der Waals surface area contributed by atoms with Gasteiger partial charge in [0.2, 0.25) is 0 Å². The largest absolute Gasteiger partial charge is 0.364 e. The maximum Gasteiger partial charge on any atom is 0.106 e. The van der Waals surface area contributed by atoms with Crippen LogP contribution in [0, 0.1) is 0 Å². The summed E-state index contributed by atoms with van der Waals surface area (Å²) in [5.41, 5.74) is 5.64. The van der Waals surface area contributed by atoms with Crippen LogP contribution in [-0.4, -0.2) is 19.0 Å². The van der Waals surface area contributed by atoms with Gasteiger partial charge < -0.3 is 10.5 Å². The van der Waals surface area contributed by atoms with Gasteiger partial charge in [0.25, 0.3) is 0 Å². The topological polar surface area (TPSA) is 47.3 Å². The Morgan fingerprint density at radius 2 is 1.25 bits per heavy atom. The molecule has 0 aromatic carbocycles. The fraction of sp³-hybridized carbons (Fsp3) is 1.00. The average Bonchev–Trinajstić information content (AvgIpc) is 2.39. The van der Waals surface area contributed by atoms with E-state index >= 15 is 0 Å². The zero-order valence-corrected chi connectivity index (χ0v) is 14.1. The molecule has 0 rings (SSSR count). The van der Waals surface area contributed by atoms with Crippen LogP contribution in [0.1, 0.15) is 91.4 Å². The molecule has 0 fully saturated rings. The van der Waals surface area contributed by atoms with Gasteiger partial charge in [0.1, 0.15) is 6.23 Å². The predicted octanol–water partition coefficient (Wildman–Crippen LogP) is 4.55. The quantitative estimate of drug-likeness (QED) is 0.343. The Kier molecular flexibility index (Phi) is 15.2. The second-order valence-electron chi connectivity index (χ2n) is 6.00. The van der Waals surface area contributed by atoms with Crippen LogP contribution in [0.4, 0.5) is 0 Å². The summed E-state index contributed by atoms with van der Waals surface area (Å²) in [5.74, 6) is 0. The van der Waals surface area contributed by atoms with Crippen molar-refractivity contribution in [3.63, 3.8) is 0 Å². The van der Waals surface area contributed by atoms with Crippen molar-refractivity contribution in [2.75, 3.05) is 6.61 Å². The molecule has 0 aliphatic carbocycles. The summed E-state index contributed by atoms with van der Waals surface area (Å²) >= 11 is 0. The van der Waals surface area contributed by atoms with Gasteiger partial charge in [-0.05, 0) is 20.3 Å². The third-order valence-electron chi connectivity index (χ3n) is 3.61. The van der Waals surface area contributed by atoms with Gasteiger partial charge >= 0.3 is 0 Å². The molecule has 0 bridgehead atoms. The normalized spacial score (nSPS) is 14.4. The summed E-state index contributed by atoms with van der Waals surface area (Å²) in [7, 11) is 0. The minimum absolute atomic E-state index is 0.00215. The molecular weight excluding hydrogens is 248 g/mol. The fourth-order valence-electron chi connectivity index (χ4n) is 2.44. The number of hydrogen-bond acceptors (Lipinski definition) is 3. The number of nitrogens with two attached hydrogens (primary N) is 1. The summed E-state index contributed by atoms with van der Waals surface area (Å²) in [5, 5.41) is 3.14. The standard InChI is InChI=1S/C17H38N2O/c1-4-5-6-7-8-9-10-11-12-13-14-15-20-17(3)19-16(2)18/h16-17,19H,4-15,18H2,1-3H3. The van der Waals surface area contributed by atoms with E-state index in [4.69, 9.17) is 10.5 Å². The zero-order valence-electron chi connectivity index (χ0n) is 14.1. The maximum absolute atomic E-state index is 5.64. The van der Waals surface area contributed by atoms with E-state index < -0.39 is 0 Å². The van der Waals surface area contributed by atoms with Crippen LogP contribution in [0.5, 0.6) is 0 Å². The van der Waals surface area contributed by atoms with Crippen molar-refractivity contribution in [1.29, 1.82) is 0 Å². The zero-order chi connectivity index (χ0) is 15.1. The summed E-state index contributed by atoms with van der Waals surface area (Å²) in [6.07, 6.45) is 15.2. The van der Waals surface area contributed by atoms with Gasteiger partial charge in [-0.1, -0.05) is 71.1 Å². The van der Waals surface area contributed by atoms with E-state index in [0.29, 0.717) is 0 Å². The highest BCUT2D eigenvalue weighted by Crippen LogP contribution is 2.11. The lowest BCUT2D eigenvalue weighted by Crippen LogP contribution is -2.41. The molecule has 2 unspecified atom stereocenters. The van der Waals surface area contributed by atoms with E-state index in [1.54, 1.807) is 0 Å². The van der Waals surface area contributed by atoms with E-state index in [9.17, 15) is 0 Å². The second kappa shape index (κ2) is 15.3. The van der Waals surface area contributed by atoms with E-state index in [2.05, 4.69) is 12.2 Å². The van der Waals surface area contributed by atoms with Crippen molar-refractivity contribution in [1.82, 2.24) is 5.32 Å². The van der Waals surface area contributed by atoms with Crippen molar-refractivity contribution < 1.29 is 4.74 Å². The highest BCUT2D eigenvalue weighted by molar-refractivity contribution is 4.53. The average molecular weight is 287 g/mol. The monoisotopic (exact) mass is 286 g/mol. The summed E-state index contributed by atoms with van der Waals surface area (Å²) < 4.78 is 5.64. The highest BCUT2D eigenvalue weighted by atomic mass is 16.5. The maximum atomic E-state index is 5.64. The molecule has 3 nitrogen and oxygen atoms in total. The van der Waals surface area contributed by atoms with Crippen molar-refractivity contribution in [2.45, 2.75) is 104 Å². The number of unbranched alkanes of at least 4 members (excludes halogenated alkanes) is 10. The van der Waals surface area contributed by atoms with Crippen molar-refractivity contribution in [3.8, 4) is 0 Å². The van der Waals surface area contributed by atoms with E-state index in [-0.39, 0.29) is 12.4 Å². The van der Waals surface area contributed by atoms with Gasteiger partial charge in [-0.25, -0.2) is 0 Å². The van der Waals surface area contributed by atoms with E-state index in [1.165, 1.54) is 70.6 Å². The van der Waals surface area contributed by atoms with Gasteiger partial charge in [0.05, 0.1) is 6.17 Å². The minimum Gasteiger partial charge on any atom is -0.364 e. The molecule has 0 spiro atoms. The summed E-state index contributed by atoms with van der Waals surface area (Å²) in [4.78, 5) is 0. The number of ether oxygens (including phenoxy) is 1. The molecule has 0 aromatic rings. The Bertz CT molecular complexity index is 186. The third-order valence-corrected chi connectivity index (χ3v) is 3.61. The minimum atomic E-state index is 0.00215. The molecule has 0 saturated heterocycles. The first-order chi connectivity index (χ1) is 9.66. The van der Waals surface area contributed by atoms with Crippen LogP contribution in [0.15, 0.2) is 0 Å². The Morgan fingerprint density at radius 3 is 1.70 bits per heavy atom. The Balaban J connectivity index is 3.06. The predicted molar refractivity (Wildman–Crippen MR) is 88.7 cm³/mol. The van der Waals surface area contributed by atoms with Gasteiger partial charge in [0.15, 0.2) is 0 Å². The first-order valence-electron chi connectivity index (χ1n) is 8.80. The van der Waals surface area contributed by atoms with Gasteiger partial charge in [-0.15, -0.1) is 0 Å². The SMILES string of the molecule is CCCCCCCCCCCCCOC(C)NC(C)N. The molecule has 0 heterocycles. The summed E-state index contributed by atoms with van der Waals surface area (Å²) in [6, 6.07) is 0. The van der Waals surface area contributed by atoms with Gasteiger partial charge in [0, 0.05) is 6.61 Å². The highest BCUT2D eigenvalue weighted by Gasteiger charge is 2.02. The van der Waals surface area contributed by atoms with Crippen molar-refractivity contribution in [2.24, 2.45) is 5.73 Å². The summed E-state index contributed by atoms with van der Waals surface area (Å²) in [6.45, 7) is 7.07. The molecular formula is C17H38N2O. The Morgan fingerprint density at radius 1 is 0.800 bits per heavy atom. The molecule has 3 heteroatoms. The van der Waals surface area contributed by atoms with E-state index in [0.717, 1.165) is 6.61 Å². The fourth-order valence-corrected chi connectivity index (χ4v) is 2.44. The van der Waals surface area contributed by atoms with Crippen LogP contribution in [-0.2, 0) is 4.74 Å². The lowest BCUT2D eigenvalue weighted by Gasteiger charge is -2.17. The Labute approximate surface area is 127 Å². The smallest absolute Gasteiger partial charge is 0.106 e. The van der Waals surface area contributed by atoms with Crippen LogP contribution >= 0.6 is 0 Å². The number of nitrogens with one attached hydrogen (secondary N) is 1. The molecule has 0 amide bonds. The van der Waals surface area contributed by atoms with Crippen LogP contribution in [0.3, 0.4) is 0 Å². The molecule has 20 heavy (non-hydrogen) atoms. The second-order valence-corrected chi connectivity index (χ2v) is 6.00. The number of rotatable bonds is 15. The van der Waals surface area contributed by atoms with Crippen LogP contribution in [0.2, 0.25) is 0 Å². The van der Waals surface area contributed by atoms with Crippen molar-refractivity contribution >= 4 is 0 Å². The molecule has 0 radical (unpaired) electrons. The molecule has 0 saturated carbocycles.